The number of hydrogen-bond acceptors (Lipinski definition) is 2. The minimum Gasteiger partial charge on any atom is -0.352 e. The maximum absolute atomic E-state index is 13.3. The molecule has 1 aliphatic carbocycles. The zero-order valence-electron chi connectivity index (χ0n) is 19.2. The summed E-state index contributed by atoms with van der Waals surface area (Å²) in [5.41, 5.74) is 4.67. The average Bonchev–Trinajstić information content (AvgIpc) is 3.28. The standard InChI is InChI=1S/C27H36N2O2/c1-4-22-12-14-23(15-13-22)16-17-26(30)29(19-24-9-7-8-20(2)18-24)21(3)27(31)28-25-10-5-6-11-25/h7-9,12-15,18,21,25H,4-6,10-11,16-17,19H2,1-3H3,(H,28,31). The van der Waals surface area contributed by atoms with Crippen LogP contribution in [0.1, 0.15) is 68.2 Å². The molecule has 0 radical (unpaired) electrons. The van der Waals surface area contributed by atoms with Gasteiger partial charge in [-0.05, 0) is 56.2 Å². The van der Waals surface area contributed by atoms with Crippen molar-refractivity contribution in [3.05, 3.63) is 70.8 Å². The molecule has 1 aliphatic rings. The number of aryl methyl sites for hydroxylation is 3. The maximum atomic E-state index is 13.3. The smallest absolute Gasteiger partial charge is 0.242 e. The Balaban J connectivity index is 1.69. The number of carbonyl (C=O) groups is 2. The van der Waals surface area contributed by atoms with E-state index in [-0.39, 0.29) is 17.9 Å². The van der Waals surface area contributed by atoms with E-state index >= 15 is 0 Å². The van der Waals surface area contributed by atoms with Crippen molar-refractivity contribution in [1.82, 2.24) is 10.2 Å². The molecule has 2 amide bonds. The second-order valence-electron chi connectivity index (χ2n) is 8.85. The summed E-state index contributed by atoms with van der Waals surface area (Å²) < 4.78 is 0. The van der Waals surface area contributed by atoms with Gasteiger partial charge in [-0.3, -0.25) is 9.59 Å². The Hall–Kier alpha value is -2.62. The molecule has 0 spiro atoms. The Morgan fingerprint density at radius 1 is 1.03 bits per heavy atom. The van der Waals surface area contributed by atoms with Crippen molar-refractivity contribution in [2.45, 2.75) is 84.3 Å². The summed E-state index contributed by atoms with van der Waals surface area (Å²) in [7, 11) is 0. The molecule has 3 rings (SSSR count). The number of amides is 2. The van der Waals surface area contributed by atoms with Crippen LogP contribution in [0.15, 0.2) is 48.5 Å². The third-order valence-corrected chi connectivity index (χ3v) is 6.36. The van der Waals surface area contributed by atoms with Crippen LogP contribution in [-0.4, -0.2) is 28.8 Å². The lowest BCUT2D eigenvalue weighted by molar-refractivity contribution is -0.140. The Bertz CT molecular complexity index is 869. The second-order valence-corrected chi connectivity index (χ2v) is 8.85. The molecule has 2 aromatic carbocycles. The highest BCUT2D eigenvalue weighted by Crippen LogP contribution is 2.19. The summed E-state index contributed by atoms with van der Waals surface area (Å²) in [4.78, 5) is 27.9. The Morgan fingerprint density at radius 2 is 1.71 bits per heavy atom. The zero-order chi connectivity index (χ0) is 22.2. The third-order valence-electron chi connectivity index (χ3n) is 6.36. The molecule has 1 unspecified atom stereocenters. The zero-order valence-corrected chi connectivity index (χ0v) is 19.2. The van der Waals surface area contributed by atoms with Crippen molar-refractivity contribution < 1.29 is 9.59 Å². The largest absolute Gasteiger partial charge is 0.352 e. The van der Waals surface area contributed by atoms with E-state index in [1.807, 2.05) is 32.0 Å². The quantitative estimate of drug-likeness (QED) is 0.623. The minimum atomic E-state index is -0.490. The molecule has 1 saturated carbocycles. The predicted octanol–water partition coefficient (Wildman–Crippen LogP) is 4.97. The lowest BCUT2D eigenvalue weighted by Crippen LogP contribution is -2.49. The number of nitrogens with zero attached hydrogens (tertiary/aromatic N) is 1. The Morgan fingerprint density at radius 3 is 2.35 bits per heavy atom. The third kappa shape index (κ3) is 6.68. The predicted molar refractivity (Wildman–Crippen MR) is 126 cm³/mol. The van der Waals surface area contributed by atoms with Crippen LogP contribution in [0.5, 0.6) is 0 Å². The summed E-state index contributed by atoms with van der Waals surface area (Å²) in [6.07, 6.45) is 6.51. The molecule has 0 saturated heterocycles. The Labute approximate surface area is 187 Å². The Kier molecular flexibility index (Phi) is 8.27. The molecule has 31 heavy (non-hydrogen) atoms. The highest BCUT2D eigenvalue weighted by molar-refractivity contribution is 5.87. The number of nitrogens with one attached hydrogen (secondary N) is 1. The highest BCUT2D eigenvalue weighted by atomic mass is 16.2. The van der Waals surface area contributed by atoms with Gasteiger partial charge in [0.05, 0.1) is 0 Å². The van der Waals surface area contributed by atoms with Gasteiger partial charge in [-0.2, -0.15) is 0 Å². The van der Waals surface area contributed by atoms with Crippen LogP contribution in [0.4, 0.5) is 0 Å². The van der Waals surface area contributed by atoms with Crippen LogP contribution in [0.2, 0.25) is 0 Å². The summed E-state index contributed by atoms with van der Waals surface area (Å²) in [6, 6.07) is 16.4. The molecule has 1 atom stereocenters. The van der Waals surface area contributed by atoms with Gasteiger partial charge < -0.3 is 10.2 Å². The van der Waals surface area contributed by atoms with E-state index in [0.29, 0.717) is 19.4 Å². The fourth-order valence-corrected chi connectivity index (χ4v) is 4.32. The van der Waals surface area contributed by atoms with E-state index in [1.54, 1.807) is 4.90 Å². The van der Waals surface area contributed by atoms with Crippen molar-refractivity contribution in [2.75, 3.05) is 0 Å². The molecule has 0 heterocycles. The minimum absolute atomic E-state index is 0.0233. The molecule has 2 aromatic rings. The molecule has 1 fully saturated rings. The van der Waals surface area contributed by atoms with E-state index in [0.717, 1.165) is 36.0 Å². The topological polar surface area (TPSA) is 49.4 Å². The van der Waals surface area contributed by atoms with Crippen molar-refractivity contribution in [3.8, 4) is 0 Å². The van der Waals surface area contributed by atoms with Crippen molar-refractivity contribution >= 4 is 11.8 Å². The SMILES string of the molecule is CCc1ccc(CCC(=O)N(Cc2cccc(C)c2)C(C)C(=O)NC2CCCC2)cc1. The van der Waals surface area contributed by atoms with Crippen LogP contribution >= 0.6 is 0 Å². The first-order valence-corrected chi connectivity index (χ1v) is 11.7. The molecule has 4 heteroatoms. The summed E-state index contributed by atoms with van der Waals surface area (Å²) in [6.45, 7) is 6.49. The fourth-order valence-electron chi connectivity index (χ4n) is 4.32. The van der Waals surface area contributed by atoms with Gasteiger partial charge in [0, 0.05) is 19.0 Å². The van der Waals surface area contributed by atoms with Gasteiger partial charge in [0.25, 0.3) is 0 Å². The fraction of sp³-hybridized carbons (Fsp3) is 0.481. The van der Waals surface area contributed by atoms with Gasteiger partial charge in [0.1, 0.15) is 6.04 Å². The first kappa shape index (κ1) is 23.1. The van der Waals surface area contributed by atoms with Gasteiger partial charge in [-0.25, -0.2) is 0 Å². The van der Waals surface area contributed by atoms with Crippen molar-refractivity contribution in [3.63, 3.8) is 0 Å². The molecule has 0 aromatic heterocycles. The lowest BCUT2D eigenvalue weighted by Gasteiger charge is -2.30. The van der Waals surface area contributed by atoms with Gasteiger partial charge in [0.2, 0.25) is 11.8 Å². The molecular weight excluding hydrogens is 384 g/mol. The molecule has 0 aliphatic heterocycles. The van der Waals surface area contributed by atoms with Crippen LogP contribution in [-0.2, 0) is 29.0 Å². The number of carbonyl (C=O) groups excluding carboxylic acids is 2. The number of hydrogen-bond donors (Lipinski definition) is 1. The monoisotopic (exact) mass is 420 g/mol. The van der Waals surface area contributed by atoms with Crippen molar-refractivity contribution in [2.24, 2.45) is 0 Å². The van der Waals surface area contributed by atoms with Gasteiger partial charge in [-0.15, -0.1) is 0 Å². The highest BCUT2D eigenvalue weighted by Gasteiger charge is 2.28. The molecular formula is C27H36N2O2. The van der Waals surface area contributed by atoms with Gasteiger partial charge >= 0.3 is 0 Å². The molecule has 166 valence electrons. The van der Waals surface area contributed by atoms with E-state index in [9.17, 15) is 9.59 Å². The summed E-state index contributed by atoms with van der Waals surface area (Å²) >= 11 is 0. The maximum Gasteiger partial charge on any atom is 0.242 e. The van der Waals surface area contributed by atoms with Crippen LogP contribution in [0.3, 0.4) is 0 Å². The van der Waals surface area contributed by atoms with E-state index < -0.39 is 6.04 Å². The molecule has 0 bridgehead atoms. The van der Waals surface area contributed by atoms with E-state index in [4.69, 9.17) is 0 Å². The van der Waals surface area contributed by atoms with Gasteiger partial charge in [-0.1, -0.05) is 73.9 Å². The van der Waals surface area contributed by atoms with Gasteiger partial charge in [0.15, 0.2) is 0 Å². The first-order chi connectivity index (χ1) is 15.0. The number of rotatable bonds is 9. The number of benzene rings is 2. The normalized spacial score (nSPS) is 14.9. The first-order valence-electron chi connectivity index (χ1n) is 11.7. The summed E-state index contributed by atoms with van der Waals surface area (Å²) in [5.74, 6) is -0.0182. The summed E-state index contributed by atoms with van der Waals surface area (Å²) in [5, 5.41) is 3.16. The molecule has 1 N–H and O–H groups in total. The van der Waals surface area contributed by atoms with E-state index in [2.05, 4.69) is 42.6 Å². The average molecular weight is 421 g/mol. The van der Waals surface area contributed by atoms with E-state index in [1.165, 1.54) is 18.4 Å². The second kappa shape index (κ2) is 11.1. The molecule has 4 nitrogen and oxygen atoms in total. The lowest BCUT2D eigenvalue weighted by atomic mass is 10.0. The van der Waals surface area contributed by atoms with Crippen molar-refractivity contribution in [1.29, 1.82) is 0 Å². The van der Waals surface area contributed by atoms with Crippen LogP contribution in [0.25, 0.3) is 0 Å². The van der Waals surface area contributed by atoms with Crippen LogP contribution < -0.4 is 5.32 Å². The van der Waals surface area contributed by atoms with Crippen LogP contribution in [0, 0.1) is 6.92 Å².